The third-order valence-electron chi connectivity index (χ3n) is 4.64. The first-order chi connectivity index (χ1) is 13.7. The molecule has 1 saturated heterocycles. The van der Waals surface area contributed by atoms with Crippen LogP contribution < -0.4 is 10.1 Å². The molecule has 0 saturated carbocycles. The molecular weight excluding hydrogens is 377 g/mol. The summed E-state index contributed by atoms with van der Waals surface area (Å²) >= 11 is 1.84. The first kappa shape index (κ1) is 18.6. The Hall–Kier alpha value is -2.80. The highest BCUT2D eigenvalue weighted by Crippen LogP contribution is 2.32. The summed E-state index contributed by atoms with van der Waals surface area (Å²) in [7, 11) is 1.58. The monoisotopic (exact) mass is 397 g/mol. The van der Waals surface area contributed by atoms with Gasteiger partial charge in [0.05, 0.1) is 12.8 Å². The smallest absolute Gasteiger partial charge is 0.272 e. The molecule has 0 unspecified atom stereocenters. The maximum atomic E-state index is 13.6. The van der Waals surface area contributed by atoms with Crippen molar-refractivity contribution in [1.82, 2.24) is 9.88 Å². The van der Waals surface area contributed by atoms with Gasteiger partial charge in [0.15, 0.2) is 0 Å². The Labute approximate surface area is 166 Å². The summed E-state index contributed by atoms with van der Waals surface area (Å²) < 4.78 is 19.1. The number of nitrogens with one attached hydrogen (secondary N) is 1. The minimum absolute atomic E-state index is 0.101. The van der Waals surface area contributed by atoms with E-state index >= 15 is 0 Å². The average molecular weight is 397 g/mol. The molecule has 4 rings (SSSR count). The molecule has 0 aliphatic carbocycles. The lowest BCUT2D eigenvalue weighted by Crippen LogP contribution is -2.38. The van der Waals surface area contributed by atoms with Crippen molar-refractivity contribution in [3.8, 4) is 5.75 Å². The van der Waals surface area contributed by atoms with E-state index < -0.39 is 0 Å². The SMILES string of the molecule is COc1cccc2c(Nc3cccc(F)c3)cc(C(=O)N3CCSCC3)nc12. The predicted molar refractivity (Wildman–Crippen MR) is 111 cm³/mol. The second-order valence-electron chi connectivity index (χ2n) is 6.45. The second-order valence-corrected chi connectivity index (χ2v) is 7.68. The van der Waals surface area contributed by atoms with Crippen LogP contribution in [0.15, 0.2) is 48.5 Å². The van der Waals surface area contributed by atoms with Crippen molar-refractivity contribution in [1.29, 1.82) is 0 Å². The van der Waals surface area contributed by atoms with Gasteiger partial charge in [-0.25, -0.2) is 9.37 Å². The number of para-hydroxylation sites is 1. The largest absolute Gasteiger partial charge is 0.494 e. The molecule has 28 heavy (non-hydrogen) atoms. The minimum atomic E-state index is -0.331. The second kappa shape index (κ2) is 8.06. The normalized spacial score (nSPS) is 14.1. The summed E-state index contributed by atoms with van der Waals surface area (Å²) in [6.45, 7) is 1.42. The fourth-order valence-corrected chi connectivity index (χ4v) is 4.15. The summed E-state index contributed by atoms with van der Waals surface area (Å²) in [6.07, 6.45) is 0. The molecule has 0 radical (unpaired) electrons. The molecule has 0 spiro atoms. The number of anilines is 2. The Morgan fingerprint density at radius 1 is 1.18 bits per heavy atom. The zero-order chi connectivity index (χ0) is 19.5. The van der Waals surface area contributed by atoms with Crippen molar-refractivity contribution in [2.75, 3.05) is 37.0 Å². The van der Waals surface area contributed by atoms with Crippen LogP contribution in [0.1, 0.15) is 10.5 Å². The number of aromatic nitrogens is 1. The summed E-state index contributed by atoms with van der Waals surface area (Å²) in [4.78, 5) is 19.5. The molecule has 1 amide bonds. The maximum absolute atomic E-state index is 13.6. The number of thioether (sulfide) groups is 1. The number of methoxy groups -OCH3 is 1. The number of pyridine rings is 1. The number of fused-ring (bicyclic) bond motifs is 1. The van der Waals surface area contributed by atoms with Crippen LogP contribution in [0.5, 0.6) is 5.75 Å². The van der Waals surface area contributed by atoms with E-state index in [4.69, 9.17) is 4.74 Å². The standard InChI is InChI=1S/C21H20FN3O2S/c1-27-19-7-3-6-16-17(23-15-5-2-4-14(22)12-15)13-18(24-20(16)19)21(26)25-8-10-28-11-9-25/h2-7,12-13H,8-11H2,1H3,(H,23,24). The number of hydrogen-bond donors (Lipinski definition) is 1. The van der Waals surface area contributed by atoms with Gasteiger partial charge in [-0.2, -0.15) is 11.8 Å². The summed E-state index contributed by atoms with van der Waals surface area (Å²) in [5, 5.41) is 4.03. The van der Waals surface area contributed by atoms with E-state index in [1.54, 1.807) is 25.3 Å². The van der Waals surface area contributed by atoms with Gasteiger partial charge in [-0.05, 0) is 30.3 Å². The van der Waals surface area contributed by atoms with Crippen LogP contribution in [0, 0.1) is 5.82 Å². The van der Waals surface area contributed by atoms with Crippen LogP contribution in [0.2, 0.25) is 0 Å². The van der Waals surface area contributed by atoms with Gasteiger partial charge in [-0.1, -0.05) is 18.2 Å². The maximum Gasteiger partial charge on any atom is 0.272 e. The number of rotatable bonds is 4. The lowest BCUT2D eigenvalue weighted by molar-refractivity contribution is 0.0767. The van der Waals surface area contributed by atoms with Crippen LogP contribution >= 0.6 is 11.8 Å². The third kappa shape index (κ3) is 3.75. The number of carbonyl (C=O) groups is 1. The van der Waals surface area contributed by atoms with Crippen LogP contribution in [0.4, 0.5) is 15.8 Å². The number of benzene rings is 2. The molecule has 2 aromatic carbocycles. The van der Waals surface area contributed by atoms with Gasteiger partial charge in [0, 0.05) is 35.7 Å². The average Bonchev–Trinajstić information content (AvgIpc) is 2.73. The van der Waals surface area contributed by atoms with Crippen molar-refractivity contribution in [2.45, 2.75) is 0 Å². The number of hydrogen-bond acceptors (Lipinski definition) is 5. The van der Waals surface area contributed by atoms with E-state index in [1.807, 2.05) is 34.9 Å². The lowest BCUT2D eigenvalue weighted by Gasteiger charge is -2.26. The summed E-state index contributed by atoms with van der Waals surface area (Å²) in [5.41, 5.74) is 2.23. The Balaban J connectivity index is 1.81. The van der Waals surface area contributed by atoms with Gasteiger partial charge in [0.1, 0.15) is 22.8 Å². The molecule has 1 aliphatic heterocycles. The van der Waals surface area contributed by atoms with Gasteiger partial charge >= 0.3 is 0 Å². The van der Waals surface area contributed by atoms with E-state index in [2.05, 4.69) is 10.3 Å². The molecular formula is C21H20FN3O2S. The van der Waals surface area contributed by atoms with Crippen molar-refractivity contribution in [3.63, 3.8) is 0 Å². The Bertz CT molecular complexity index is 1020. The van der Waals surface area contributed by atoms with Crippen molar-refractivity contribution in [3.05, 3.63) is 60.0 Å². The highest BCUT2D eigenvalue weighted by atomic mass is 32.2. The lowest BCUT2D eigenvalue weighted by atomic mass is 10.1. The van der Waals surface area contributed by atoms with E-state index in [0.29, 0.717) is 41.4 Å². The van der Waals surface area contributed by atoms with Crippen LogP contribution in [-0.2, 0) is 0 Å². The number of halogens is 1. The minimum Gasteiger partial charge on any atom is -0.494 e. The Morgan fingerprint density at radius 3 is 2.71 bits per heavy atom. The predicted octanol–water partition coefficient (Wildman–Crippen LogP) is 4.32. The van der Waals surface area contributed by atoms with Crippen LogP contribution in [0.3, 0.4) is 0 Å². The van der Waals surface area contributed by atoms with E-state index in [1.165, 1.54) is 12.1 Å². The molecule has 2 heterocycles. The van der Waals surface area contributed by atoms with Crippen molar-refractivity contribution < 1.29 is 13.9 Å². The highest BCUT2D eigenvalue weighted by Gasteiger charge is 2.22. The molecule has 7 heteroatoms. The van der Waals surface area contributed by atoms with E-state index in [0.717, 1.165) is 16.9 Å². The Kier molecular flexibility index (Phi) is 5.34. The van der Waals surface area contributed by atoms with E-state index in [9.17, 15) is 9.18 Å². The van der Waals surface area contributed by atoms with Crippen LogP contribution in [0.25, 0.3) is 10.9 Å². The quantitative estimate of drug-likeness (QED) is 0.711. The fourth-order valence-electron chi connectivity index (χ4n) is 3.25. The number of ether oxygens (including phenoxy) is 1. The first-order valence-corrected chi connectivity index (χ1v) is 10.2. The number of carbonyl (C=O) groups excluding carboxylic acids is 1. The van der Waals surface area contributed by atoms with Gasteiger partial charge < -0.3 is 15.0 Å². The number of nitrogens with zero attached hydrogens (tertiary/aromatic N) is 2. The van der Waals surface area contributed by atoms with Gasteiger partial charge in [-0.15, -0.1) is 0 Å². The molecule has 0 bridgehead atoms. The molecule has 1 fully saturated rings. The van der Waals surface area contributed by atoms with Gasteiger partial charge in [-0.3, -0.25) is 4.79 Å². The highest BCUT2D eigenvalue weighted by molar-refractivity contribution is 7.99. The Morgan fingerprint density at radius 2 is 1.96 bits per heavy atom. The van der Waals surface area contributed by atoms with Gasteiger partial charge in [0.2, 0.25) is 0 Å². The van der Waals surface area contributed by atoms with Gasteiger partial charge in [0.25, 0.3) is 5.91 Å². The molecule has 0 atom stereocenters. The molecule has 144 valence electrons. The van der Waals surface area contributed by atoms with E-state index in [-0.39, 0.29) is 11.7 Å². The van der Waals surface area contributed by atoms with Crippen molar-refractivity contribution >= 4 is 39.9 Å². The first-order valence-electron chi connectivity index (χ1n) is 9.03. The van der Waals surface area contributed by atoms with Crippen LogP contribution in [-0.4, -0.2) is 47.5 Å². The van der Waals surface area contributed by atoms with Crippen molar-refractivity contribution in [2.24, 2.45) is 0 Å². The molecule has 3 aromatic rings. The third-order valence-corrected chi connectivity index (χ3v) is 5.59. The molecule has 5 nitrogen and oxygen atoms in total. The summed E-state index contributed by atoms with van der Waals surface area (Å²) in [6, 6.07) is 13.5. The summed E-state index contributed by atoms with van der Waals surface area (Å²) in [5.74, 6) is 2.01. The molecule has 1 aliphatic rings. The zero-order valence-corrected chi connectivity index (χ0v) is 16.3. The topological polar surface area (TPSA) is 54.5 Å². The zero-order valence-electron chi connectivity index (χ0n) is 15.4. The number of amides is 1. The molecule has 1 N–H and O–H groups in total. The fraction of sp³-hybridized carbons (Fsp3) is 0.238. The molecule has 1 aromatic heterocycles.